The molecular formula is C25H26F3NO3S. The van der Waals surface area contributed by atoms with Crippen molar-refractivity contribution in [3.05, 3.63) is 53.6 Å². The number of nitrogens with one attached hydrogen (secondary N) is 1. The number of halogens is 3. The molecule has 0 amide bonds. The van der Waals surface area contributed by atoms with Gasteiger partial charge in [0.2, 0.25) is 0 Å². The molecule has 33 heavy (non-hydrogen) atoms. The van der Waals surface area contributed by atoms with Gasteiger partial charge in [0.15, 0.2) is 0 Å². The SMILES string of the molecule is O=C(O)CCNCc1ccc2sc(-c3ccc(OC4CCCCC4)c(C(F)(F)F)c3)cc2c1. The number of carbonyl (C=O) groups is 1. The van der Waals surface area contributed by atoms with Crippen LogP contribution in [0.5, 0.6) is 5.75 Å². The Labute approximate surface area is 194 Å². The standard InChI is InChI=1S/C25H26F3NO3S/c26-25(27,28)20-13-17(7-8-21(20)32-19-4-2-1-3-5-19)23-14-18-12-16(6-9-22(18)33-23)15-29-11-10-24(30)31/h6-9,12-14,19,29H,1-5,10-11,15H2,(H,30,31). The van der Waals surface area contributed by atoms with E-state index in [4.69, 9.17) is 9.84 Å². The van der Waals surface area contributed by atoms with Gasteiger partial charge in [-0.1, -0.05) is 12.5 Å². The van der Waals surface area contributed by atoms with Crippen LogP contribution in [-0.2, 0) is 17.5 Å². The van der Waals surface area contributed by atoms with Crippen LogP contribution in [0.2, 0.25) is 0 Å². The molecule has 2 N–H and O–H groups in total. The van der Waals surface area contributed by atoms with Gasteiger partial charge in [0, 0.05) is 22.7 Å². The van der Waals surface area contributed by atoms with E-state index in [9.17, 15) is 18.0 Å². The second-order valence-electron chi connectivity index (χ2n) is 8.39. The Morgan fingerprint density at radius 2 is 1.88 bits per heavy atom. The minimum atomic E-state index is -4.49. The van der Waals surface area contributed by atoms with Gasteiger partial charge in [0.25, 0.3) is 0 Å². The molecule has 2 aromatic carbocycles. The lowest BCUT2D eigenvalue weighted by atomic mass is 9.97. The molecule has 1 heterocycles. The smallest absolute Gasteiger partial charge is 0.419 e. The van der Waals surface area contributed by atoms with Crippen LogP contribution >= 0.6 is 11.3 Å². The van der Waals surface area contributed by atoms with E-state index in [1.54, 1.807) is 6.07 Å². The van der Waals surface area contributed by atoms with E-state index in [-0.39, 0.29) is 18.3 Å². The van der Waals surface area contributed by atoms with Crippen molar-refractivity contribution in [3.8, 4) is 16.2 Å². The minimum absolute atomic E-state index is 0.0485. The summed E-state index contributed by atoms with van der Waals surface area (Å²) in [5.41, 5.74) is 0.774. The molecule has 8 heteroatoms. The zero-order valence-electron chi connectivity index (χ0n) is 18.1. The Bertz CT molecular complexity index is 1120. The zero-order chi connectivity index (χ0) is 23.4. The number of ether oxygens (including phenoxy) is 1. The third-order valence-corrected chi connectivity index (χ3v) is 7.01. The van der Waals surface area contributed by atoms with E-state index in [1.807, 2.05) is 24.3 Å². The summed E-state index contributed by atoms with van der Waals surface area (Å²) >= 11 is 1.45. The van der Waals surface area contributed by atoms with Gasteiger partial charge < -0.3 is 15.2 Å². The van der Waals surface area contributed by atoms with E-state index < -0.39 is 17.7 Å². The van der Waals surface area contributed by atoms with Crippen LogP contribution in [-0.4, -0.2) is 23.7 Å². The molecule has 3 aromatic rings. The summed E-state index contributed by atoms with van der Waals surface area (Å²) in [7, 11) is 0. The summed E-state index contributed by atoms with van der Waals surface area (Å²) < 4.78 is 48.3. The number of fused-ring (bicyclic) bond motifs is 1. The molecule has 0 unspecified atom stereocenters. The largest absolute Gasteiger partial charge is 0.490 e. The van der Waals surface area contributed by atoms with Crippen molar-refractivity contribution in [1.29, 1.82) is 0 Å². The number of aliphatic carboxylic acids is 1. The van der Waals surface area contributed by atoms with Crippen molar-refractivity contribution in [2.24, 2.45) is 0 Å². The van der Waals surface area contributed by atoms with Crippen LogP contribution in [0, 0.1) is 0 Å². The van der Waals surface area contributed by atoms with Crippen LogP contribution in [0.4, 0.5) is 13.2 Å². The molecule has 1 fully saturated rings. The lowest BCUT2D eigenvalue weighted by Gasteiger charge is -2.25. The Morgan fingerprint density at radius 3 is 2.61 bits per heavy atom. The molecule has 0 aliphatic heterocycles. The number of carboxylic acid groups (broad SMARTS) is 1. The number of hydrogen-bond acceptors (Lipinski definition) is 4. The molecule has 1 aliphatic rings. The van der Waals surface area contributed by atoms with Crippen molar-refractivity contribution in [2.45, 2.75) is 57.3 Å². The summed E-state index contributed by atoms with van der Waals surface area (Å²) in [6.07, 6.45) is 0.0740. The molecule has 0 spiro atoms. The van der Waals surface area contributed by atoms with Crippen LogP contribution in [0.3, 0.4) is 0 Å². The number of benzene rings is 2. The summed E-state index contributed by atoms with van der Waals surface area (Å²) in [6, 6.07) is 12.1. The molecule has 0 atom stereocenters. The number of carboxylic acids is 1. The fraction of sp³-hybridized carbons (Fsp3) is 0.400. The first kappa shape index (κ1) is 23.6. The summed E-state index contributed by atoms with van der Waals surface area (Å²) in [5, 5.41) is 12.7. The third kappa shape index (κ3) is 6.06. The highest BCUT2D eigenvalue weighted by molar-refractivity contribution is 7.22. The maximum atomic E-state index is 13.8. The zero-order valence-corrected chi connectivity index (χ0v) is 18.9. The lowest BCUT2D eigenvalue weighted by molar-refractivity contribution is -0.139. The lowest BCUT2D eigenvalue weighted by Crippen LogP contribution is -2.21. The molecule has 0 saturated heterocycles. The molecular weight excluding hydrogens is 451 g/mol. The summed E-state index contributed by atoms with van der Waals surface area (Å²) in [6.45, 7) is 0.900. The Kier molecular flexibility index (Phi) is 7.24. The van der Waals surface area contributed by atoms with Gasteiger partial charge in [0.1, 0.15) is 5.75 Å². The molecule has 0 bridgehead atoms. The minimum Gasteiger partial charge on any atom is -0.490 e. The maximum absolute atomic E-state index is 13.8. The topological polar surface area (TPSA) is 58.6 Å². The second kappa shape index (κ2) is 10.1. The van der Waals surface area contributed by atoms with Crippen LogP contribution < -0.4 is 10.1 Å². The van der Waals surface area contributed by atoms with Gasteiger partial charge in [-0.15, -0.1) is 11.3 Å². The van der Waals surface area contributed by atoms with E-state index in [2.05, 4.69) is 5.32 Å². The molecule has 176 valence electrons. The normalized spacial score (nSPS) is 15.1. The van der Waals surface area contributed by atoms with E-state index >= 15 is 0 Å². The predicted octanol–water partition coefficient (Wildman–Crippen LogP) is 6.86. The van der Waals surface area contributed by atoms with E-state index in [0.717, 1.165) is 52.6 Å². The monoisotopic (exact) mass is 477 g/mol. The van der Waals surface area contributed by atoms with Crippen molar-refractivity contribution < 1.29 is 27.8 Å². The first-order valence-electron chi connectivity index (χ1n) is 11.1. The third-order valence-electron chi connectivity index (χ3n) is 5.84. The Balaban J connectivity index is 1.55. The highest BCUT2D eigenvalue weighted by Gasteiger charge is 2.35. The van der Waals surface area contributed by atoms with Crippen LogP contribution in [0.15, 0.2) is 42.5 Å². The first-order chi connectivity index (χ1) is 15.8. The van der Waals surface area contributed by atoms with Gasteiger partial charge in [-0.3, -0.25) is 4.79 Å². The highest BCUT2D eigenvalue weighted by Crippen LogP contribution is 2.42. The molecule has 4 rings (SSSR count). The second-order valence-corrected chi connectivity index (χ2v) is 9.47. The molecule has 1 saturated carbocycles. The maximum Gasteiger partial charge on any atom is 0.419 e. The number of alkyl halides is 3. The van der Waals surface area contributed by atoms with Gasteiger partial charge in [-0.2, -0.15) is 13.2 Å². The number of hydrogen-bond donors (Lipinski definition) is 2. The van der Waals surface area contributed by atoms with Crippen LogP contribution in [0.25, 0.3) is 20.5 Å². The predicted molar refractivity (Wildman–Crippen MR) is 124 cm³/mol. The molecule has 1 aromatic heterocycles. The Morgan fingerprint density at radius 1 is 1.09 bits per heavy atom. The van der Waals surface area contributed by atoms with Crippen LogP contribution in [0.1, 0.15) is 49.7 Å². The van der Waals surface area contributed by atoms with E-state index in [1.165, 1.54) is 23.5 Å². The Hall–Kier alpha value is -2.58. The average molecular weight is 478 g/mol. The summed E-state index contributed by atoms with van der Waals surface area (Å²) in [4.78, 5) is 11.4. The molecule has 4 nitrogen and oxygen atoms in total. The number of rotatable bonds is 8. The average Bonchev–Trinajstić information content (AvgIpc) is 3.20. The van der Waals surface area contributed by atoms with Gasteiger partial charge in [-0.05, 0) is 78.6 Å². The first-order valence-corrected chi connectivity index (χ1v) is 11.9. The highest BCUT2D eigenvalue weighted by atomic mass is 32.1. The van der Waals surface area contributed by atoms with Gasteiger partial charge in [-0.25, -0.2) is 0 Å². The summed E-state index contributed by atoms with van der Waals surface area (Å²) in [5.74, 6) is -0.942. The van der Waals surface area contributed by atoms with Crippen molar-refractivity contribution in [2.75, 3.05) is 6.54 Å². The van der Waals surface area contributed by atoms with Crippen molar-refractivity contribution >= 4 is 27.4 Å². The number of thiophene rings is 1. The van der Waals surface area contributed by atoms with Gasteiger partial charge in [0.05, 0.1) is 18.1 Å². The fourth-order valence-electron chi connectivity index (χ4n) is 4.14. The van der Waals surface area contributed by atoms with Gasteiger partial charge >= 0.3 is 12.1 Å². The fourth-order valence-corrected chi connectivity index (χ4v) is 5.18. The van der Waals surface area contributed by atoms with E-state index in [0.29, 0.717) is 18.7 Å². The quantitative estimate of drug-likeness (QED) is 0.348. The molecule has 1 aliphatic carbocycles. The van der Waals surface area contributed by atoms with Crippen molar-refractivity contribution in [1.82, 2.24) is 5.32 Å². The molecule has 0 radical (unpaired) electrons. The van der Waals surface area contributed by atoms with Crippen molar-refractivity contribution in [3.63, 3.8) is 0 Å².